The summed E-state index contributed by atoms with van der Waals surface area (Å²) in [5.41, 5.74) is 1.24. The molecule has 2 aliphatic rings. The zero-order valence-electron chi connectivity index (χ0n) is 13.9. The number of pyridine rings is 1. The van der Waals surface area contributed by atoms with Crippen molar-refractivity contribution in [1.29, 1.82) is 0 Å². The largest absolute Gasteiger partial charge is 0.378 e. The Labute approximate surface area is 138 Å². The fraction of sp³-hybridized carbons (Fsp3) is 0.667. The van der Waals surface area contributed by atoms with Crippen LogP contribution in [0.3, 0.4) is 0 Å². The second kappa shape index (κ2) is 7.88. The standard InChI is InChI=1S/C18H27N3O2/c1-21-9-7-15(18(21)14-5-4-8-19-12-14)13-20-17(22)11-16-6-2-3-10-23-16/h4-5,8,12,15-16,18H,2-3,6-7,9-11,13H2,1H3,(H,20,22)/t15-,16?,18-/m0/s1. The fourth-order valence-electron chi connectivity index (χ4n) is 3.81. The Morgan fingerprint density at radius 3 is 3.09 bits per heavy atom. The Kier molecular flexibility index (Phi) is 5.62. The van der Waals surface area contributed by atoms with E-state index in [9.17, 15) is 4.79 Å². The molecule has 0 aliphatic carbocycles. The summed E-state index contributed by atoms with van der Waals surface area (Å²) in [7, 11) is 2.15. The number of carbonyl (C=O) groups excluding carboxylic acids is 1. The molecule has 1 N–H and O–H groups in total. The molecule has 2 saturated heterocycles. The van der Waals surface area contributed by atoms with Crippen molar-refractivity contribution >= 4 is 5.91 Å². The highest BCUT2D eigenvalue weighted by atomic mass is 16.5. The van der Waals surface area contributed by atoms with E-state index < -0.39 is 0 Å². The van der Waals surface area contributed by atoms with Gasteiger partial charge in [-0.05, 0) is 56.8 Å². The molecule has 5 nitrogen and oxygen atoms in total. The van der Waals surface area contributed by atoms with Crippen LogP contribution in [0, 0.1) is 5.92 Å². The van der Waals surface area contributed by atoms with Gasteiger partial charge in [-0.3, -0.25) is 14.7 Å². The molecule has 126 valence electrons. The number of ether oxygens (including phenoxy) is 1. The average molecular weight is 317 g/mol. The van der Waals surface area contributed by atoms with Gasteiger partial charge in [0.1, 0.15) is 0 Å². The maximum Gasteiger partial charge on any atom is 0.222 e. The summed E-state index contributed by atoms with van der Waals surface area (Å²) in [6.45, 7) is 2.59. The molecule has 0 bridgehead atoms. The van der Waals surface area contributed by atoms with Gasteiger partial charge in [0.25, 0.3) is 0 Å². The minimum absolute atomic E-state index is 0.115. The Bertz CT molecular complexity index is 502. The van der Waals surface area contributed by atoms with Gasteiger partial charge in [0.2, 0.25) is 5.91 Å². The highest BCUT2D eigenvalue weighted by molar-refractivity contribution is 5.76. The number of likely N-dealkylation sites (tertiary alicyclic amines) is 1. The Hall–Kier alpha value is -1.46. The third-order valence-corrected chi connectivity index (χ3v) is 5.05. The number of nitrogens with zero attached hydrogens (tertiary/aromatic N) is 2. The second-order valence-corrected chi connectivity index (χ2v) is 6.76. The number of aromatic nitrogens is 1. The van der Waals surface area contributed by atoms with Gasteiger partial charge in [-0.25, -0.2) is 0 Å². The number of hydrogen-bond donors (Lipinski definition) is 1. The normalized spacial score (nSPS) is 28.7. The van der Waals surface area contributed by atoms with Gasteiger partial charge >= 0.3 is 0 Å². The molecule has 0 saturated carbocycles. The smallest absolute Gasteiger partial charge is 0.222 e. The SMILES string of the molecule is CN1CC[C@@H](CNC(=O)CC2CCCCO2)[C@@H]1c1cccnc1. The minimum atomic E-state index is 0.115. The summed E-state index contributed by atoms with van der Waals surface area (Å²) in [6, 6.07) is 4.46. The van der Waals surface area contributed by atoms with E-state index in [-0.39, 0.29) is 12.0 Å². The summed E-state index contributed by atoms with van der Waals surface area (Å²) in [4.78, 5) is 18.8. The molecule has 3 heterocycles. The van der Waals surface area contributed by atoms with Gasteiger partial charge < -0.3 is 10.1 Å². The molecule has 23 heavy (non-hydrogen) atoms. The Morgan fingerprint density at radius 2 is 2.35 bits per heavy atom. The Balaban J connectivity index is 1.51. The molecule has 5 heteroatoms. The third kappa shape index (κ3) is 4.30. The first-order chi connectivity index (χ1) is 11.2. The molecule has 3 atom stereocenters. The lowest BCUT2D eigenvalue weighted by atomic mass is 9.94. The molecule has 1 aromatic heterocycles. The van der Waals surface area contributed by atoms with E-state index in [0.29, 0.717) is 18.4 Å². The predicted molar refractivity (Wildman–Crippen MR) is 88.9 cm³/mol. The zero-order chi connectivity index (χ0) is 16.1. The van der Waals surface area contributed by atoms with E-state index in [0.717, 1.165) is 39.0 Å². The molecular weight excluding hydrogens is 290 g/mol. The van der Waals surface area contributed by atoms with Crippen molar-refractivity contribution in [2.45, 2.75) is 44.2 Å². The van der Waals surface area contributed by atoms with E-state index in [2.05, 4.69) is 28.3 Å². The van der Waals surface area contributed by atoms with Gasteiger partial charge in [0.05, 0.1) is 12.5 Å². The monoisotopic (exact) mass is 317 g/mol. The lowest BCUT2D eigenvalue weighted by Gasteiger charge is -2.26. The van der Waals surface area contributed by atoms with E-state index in [4.69, 9.17) is 4.74 Å². The predicted octanol–water partition coefficient (Wildman–Crippen LogP) is 2.15. The minimum Gasteiger partial charge on any atom is -0.378 e. The van der Waals surface area contributed by atoms with Crippen molar-refractivity contribution in [2.75, 3.05) is 26.7 Å². The van der Waals surface area contributed by atoms with E-state index >= 15 is 0 Å². The van der Waals surface area contributed by atoms with Gasteiger partial charge in [0, 0.05) is 31.6 Å². The van der Waals surface area contributed by atoms with E-state index in [1.165, 1.54) is 12.0 Å². The molecule has 2 fully saturated rings. The van der Waals surface area contributed by atoms with Gasteiger partial charge in [-0.15, -0.1) is 0 Å². The summed E-state index contributed by atoms with van der Waals surface area (Å²) in [6.07, 6.45) is 8.78. The third-order valence-electron chi connectivity index (χ3n) is 5.05. The van der Waals surface area contributed by atoms with Crippen LogP contribution >= 0.6 is 0 Å². The summed E-state index contributed by atoms with van der Waals surface area (Å²) >= 11 is 0. The van der Waals surface area contributed by atoms with Crippen LogP contribution in [0.1, 0.15) is 43.7 Å². The molecule has 0 radical (unpaired) electrons. The van der Waals surface area contributed by atoms with Crippen LogP contribution in [-0.2, 0) is 9.53 Å². The number of nitrogens with one attached hydrogen (secondary N) is 1. The summed E-state index contributed by atoms with van der Waals surface area (Å²) in [5.74, 6) is 0.566. The van der Waals surface area contributed by atoms with Crippen molar-refractivity contribution in [3.8, 4) is 0 Å². The van der Waals surface area contributed by atoms with Crippen LogP contribution in [-0.4, -0.2) is 48.6 Å². The van der Waals surface area contributed by atoms with Crippen LogP contribution in [0.15, 0.2) is 24.5 Å². The molecule has 1 unspecified atom stereocenters. The van der Waals surface area contributed by atoms with Crippen LogP contribution in [0.25, 0.3) is 0 Å². The molecule has 0 aromatic carbocycles. The molecule has 2 aliphatic heterocycles. The van der Waals surface area contributed by atoms with Crippen LogP contribution in [0.4, 0.5) is 0 Å². The summed E-state index contributed by atoms with van der Waals surface area (Å²) < 4.78 is 5.65. The number of amides is 1. The zero-order valence-corrected chi connectivity index (χ0v) is 13.9. The lowest BCUT2D eigenvalue weighted by molar-refractivity contribution is -0.125. The summed E-state index contributed by atoms with van der Waals surface area (Å²) in [5, 5.41) is 3.13. The van der Waals surface area contributed by atoms with E-state index in [1.807, 2.05) is 12.3 Å². The molecule has 1 amide bonds. The molecule has 1 aromatic rings. The quantitative estimate of drug-likeness (QED) is 0.904. The number of rotatable bonds is 5. The van der Waals surface area contributed by atoms with Gasteiger partial charge in [-0.2, -0.15) is 0 Å². The van der Waals surface area contributed by atoms with Crippen LogP contribution < -0.4 is 5.32 Å². The highest BCUT2D eigenvalue weighted by Crippen LogP contribution is 2.35. The van der Waals surface area contributed by atoms with Crippen molar-refractivity contribution in [1.82, 2.24) is 15.2 Å². The van der Waals surface area contributed by atoms with E-state index in [1.54, 1.807) is 6.20 Å². The number of carbonyl (C=O) groups is 1. The van der Waals surface area contributed by atoms with Gasteiger partial charge in [0.15, 0.2) is 0 Å². The fourth-order valence-corrected chi connectivity index (χ4v) is 3.81. The first kappa shape index (κ1) is 16.4. The van der Waals surface area contributed by atoms with Crippen molar-refractivity contribution in [2.24, 2.45) is 5.92 Å². The maximum atomic E-state index is 12.2. The second-order valence-electron chi connectivity index (χ2n) is 6.76. The topological polar surface area (TPSA) is 54.5 Å². The first-order valence-electron chi connectivity index (χ1n) is 8.72. The number of hydrogen-bond acceptors (Lipinski definition) is 4. The molecule has 0 spiro atoms. The maximum absolute atomic E-state index is 12.2. The molecule has 3 rings (SSSR count). The van der Waals surface area contributed by atoms with Crippen molar-refractivity contribution in [3.63, 3.8) is 0 Å². The van der Waals surface area contributed by atoms with Crippen LogP contribution in [0.5, 0.6) is 0 Å². The Morgan fingerprint density at radius 1 is 1.43 bits per heavy atom. The average Bonchev–Trinajstić information content (AvgIpc) is 2.95. The van der Waals surface area contributed by atoms with Crippen molar-refractivity contribution < 1.29 is 9.53 Å². The first-order valence-corrected chi connectivity index (χ1v) is 8.72. The van der Waals surface area contributed by atoms with Crippen LogP contribution in [0.2, 0.25) is 0 Å². The molecular formula is C18H27N3O2. The van der Waals surface area contributed by atoms with Crippen molar-refractivity contribution in [3.05, 3.63) is 30.1 Å². The lowest BCUT2D eigenvalue weighted by Crippen LogP contribution is -2.35. The van der Waals surface area contributed by atoms with Gasteiger partial charge in [-0.1, -0.05) is 6.07 Å². The highest BCUT2D eigenvalue weighted by Gasteiger charge is 2.33.